The molecule has 2 heteroatoms. The summed E-state index contributed by atoms with van der Waals surface area (Å²) in [6.45, 7) is 10.5. The highest BCUT2D eigenvalue weighted by atomic mass is 16.5. The van der Waals surface area contributed by atoms with Gasteiger partial charge in [-0.05, 0) is 56.0 Å². The Morgan fingerprint density at radius 2 is 2.18 bits per heavy atom. The molecule has 2 aliphatic heterocycles. The second kappa shape index (κ2) is 5.71. The maximum atomic E-state index is 5.95. The highest BCUT2D eigenvalue weighted by Crippen LogP contribution is 2.48. The van der Waals surface area contributed by atoms with E-state index in [1.165, 1.54) is 45.2 Å². The zero-order chi connectivity index (χ0) is 12.3. The molecule has 0 saturated carbocycles. The van der Waals surface area contributed by atoms with Crippen LogP contribution in [0.25, 0.3) is 0 Å². The molecule has 3 atom stereocenters. The summed E-state index contributed by atoms with van der Waals surface area (Å²) in [7, 11) is 0. The average Bonchev–Trinajstić information content (AvgIpc) is 2.30. The van der Waals surface area contributed by atoms with Crippen molar-refractivity contribution in [3.8, 4) is 0 Å². The van der Waals surface area contributed by atoms with Crippen molar-refractivity contribution in [1.82, 2.24) is 5.32 Å². The van der Waals surface area contributed by atoms with Crippen LogP contribution in [0.3, 0.4) is 0 Å². The van der Waals surface area contributed by atoms with Crippen LogP contribution >= 0.6 is 0 Å². The Hall–Kier alpha value is -0.0800. The van der Waals surface area contributed by atoms with Crippen molar-refractivity contribution < 1.29 is 4.74 Å². The summed E-state index contributed by atoms with van der Waals surface area (Å²) >= 11 is 0. The number of hydrogen-bond acceptors (Lipinski definition) is 2. The van der Waals surface area contributed by atoms with E-state index in [1.54, 1.807) is 0 Å². The molecule has 3 unspecified atom stereocenters. The molecule has 0 aromatic carbocycles. The van der Waals surface area contributed by atoms with Gasteiger partial charge in [0.1, 0.15) is 0 Å². The second-order valence-corrected chi connectivity index (χ2v) is 6.40. The number of hydrogen-bond donors (Lipinski definition) is 1. The van der Waals surface area contributed by atoms with E-state index in [-0.39, 0.29) is 0 Å². The molecule has 0 aromatic rings. The van der Waals surface area contributed by atoms with Crippen LogP contribution < -0.4 is 5.32 Å². The van der Waals surface area contributed by atoms with Crippen molar-refractivity contribution in [2.24, 2.45) is 17.3 Å². The van der Waals surface area contributed by atoms with Gasteiger partial charge in [-0.3, -0.25) is 0 Å². The summed E-state index contributed by atoms with van der Waals surface area (Å²) in [6.07, 6.45) is 7.00. The molecule has 0 radical (unpaired) electrons. The molecule has 0 amide bonds. The van der Waals surface area contributed by atoms with Crippen molar-refractivity contribution in [3.05, 3.63) is 0 Å². The van der Waals surface area contributed by atoms with Crippen LogP contribution in [0.5, 0.6) is 0 Å². The van der Waals surface area contributed by atoms with Crippen LogP contribution in [0.1, 0.15) is 52.9 Å². The summed E-state index contributed by atoms with van der Waals surface area (Å²) in [5, 5.41) is 3.59. The van der Waals surface area contributed by atoms with Gasteiger partial charge in [-0.1, -0.05) is 27.2 Å². The minimum atomic E-state index is 0.535. The second-order valence-electron chi connectivity index (χ2n) is 6.40. The first-order chi connectivity index (χ1) is 8.18. The zero-order valence-electron chi connectivity index (χ0n) is 11.8. The number of rotatable bonds is 3. The monoisotopic (exact) mass is 239 g/mol. The third-order valence-corrected chi connectivity index (χ3v) is 4.95. The first kappa shape index (κ1) is 13.4. The standard InChI is InChI=1S/C15H29NO/c1-4-5-13-10-15(7-9-17-13)6-8-16-11-14(15)12(2)3/h12-14,16H,4-11H2,1-3H3. The predicted molar refractivity (Wildman–Crippen MR) is 72.1 cm³/mol. The molecule has 1 N–H and O–H groups in total. The summed E-state index contributed by atoms with van der Waals surface area (Å²) in [6, 6.07) is 0. The Kier molecular flexibility index (Phi) is 4.48. The average molecular weight is 239 g/mol. The smallest absolute Gasteiger partial charge is 0.0580 e. The van der Waals surface area contributed by atoms with Gasteiger partial charge in [-0.15, -0.1) is 0 Å². The lowest BCUT2D eigenvalue weighted by Gasteiger charge is -2.51. The summed E-state index contributed by atoms with van der Waals surface area (Å²) < 4.78 is 5.95. The predicted octanol–water partition coefficient (Wildman–Crippen LogP) is 3.22. The van der Waals surface area contributed by atoms with Gasteiger partial charge >= 0.3 is 0 Å². The first-order valence-corrected chi connectivity index (χ1v) is 7.50. The molecule has 2 saturated heterocycles. The van der Waals surface area contributed by atoms with E-state index in [1.807, 2.05) is 0 Å². The molecule has 1 spiro atoms. The van der Waals surface area contributed by atoms with Crippen molar-refractivity contribution in [1.29, 1.82) is 0 Å². The van der Waals surface area contributed by atoms with E-state index < -0.39 is 0 Å². The Labute approximate surface area is 107 Å². The molecule has 17 heavy (non-hydrogen) atoms. The maximum Gasteiger partial charge on any atom is 0.0580 e. The quantitative estimate of drug-likeness (QED) is 0.816. The third kappa shape index (κ3) is 2.85. The molecule has 2 heterocycles. The molecule has 2 aliphatic rings. The number of piperidine rings is 1. The SMILES string of the molecule is CCCC1CC2(CCNCC2C(C)C)CCO1. The fourth-order valence-electron chi connectivity index (χ4n) is 4.05. The number of ether oxygens (including phenoxy) is 1. The Morgan fingerprint density at radius 1 is 1.35 bits per heavy atom. The van der Waals surface area contributed by atoms with Gasteiger partial charge < -0.3 is 10.1 Å². The molecule has 2 nitrogen and oxygen atoms in total. The maximum absolute atomic E-state index is 5.95. The Balaban J connectivity index is 2.08. The number of nitrogens with one attached hydrogen (secondary N) is 1. The molecular weight excluding hydrogens is 210 g/mol. The summed E-state index contributed by atoms with van der Waals surface area (Å²) in [5.41, 5.74) is 0.581. The fourth-order valence-corrected chi connectivity index (χ4v) is 4.05. The van der Waals surface area contributed by atoms with Crippen LogP contribution in [0.2, 0.25) is 0 Å². The van der Waals surface area contributed by atoms with Crippen molar-refractivity contribution in [2.45, 2.75) is 59.0 Å². The lowest BCUT2D eigenvalue weighted by Crippen LogP contribution is -2.51. The fraction of sp³-hybridized carbons (Fsp3) is 1.00. The van der Waals surface area contributed by atoms with E-state index in [9.17, 15) is 0 Å². The minimum Gasteiger partial charge on any atom is -0.378 e. The lowest BCUT2D eigenvalue weighted by molar-refractivity contribution is -0.0939. The van der Waals surface area contributed by atoms with Crippen LogP contribution in [0.4, 0.5) is 0 Å². The Morgan fingerprint density at radius 3 is 2.88 bits per heavy atom. The van der Waals surface area contributed by atoms with Gasteiger partial charge in [-0.25, -0.2) is 0 Å². The molecule has 2 rings (SSSR count). The van der Waals surface area contributed by atoms with E-state index in [4.69, 9.17) is 4.74 Å². The first-order valence-electron chi connectivity index (χ1n) is 7.50. The van der Waals surface area contributed by atoms with Gasteiger partial charge in [0, 0.05) is 6.61 Å². The van der Waals surface area contributed by atoms with E-state index in [2.05, 4.69) is 26.1 Å². The van der Waals surface area contributed by atoms with Gasteiger partial charge in [-0.2, -0.15) is 0 Å². The normalized spacial score (nSPS) is 38.8. The lowest BCUT2D eigenvalue weighted by atomic mass is 9.61. The minimum absolute atomic E-state index is 0.535. The highest BCUT2D eigenvalue weighted by Gasteiger charge is 2.45. The highest BCUT2D eigenvalue weighted by molar-refractivity contribution is 4.96. The summed E-state index contributed by atoms with van der Waals surface area (Å²) in [5.74, 6) is 1.64. The topological polar surface area (TPSA) is 21.3 Å². The van der Waals surface area contributed by atoms with Crippen LogP contribution in [0.15, 0.2) is 0 Å². The molecule has 100 valence electrons. The van der Waals surface area contributed by atoms with Gasteiger partial charge in [0.15, 0.2) is 0 Å². The van der Waals surface area contributed by atoms with E-state index in [0.717, 1.165) is 18.4 Å². The largest absolute Gasteiger partial charge is 0.378 e. The molecule has 0 aliphatic carbocycles. The van der Waals surface area contributed by atoms with Crippen LogP contribution in [-0.4, -0.2) is 25.8 Å². The molecule has 0 aromatic heterocycles. The van der Waals surface area contributed by atoms with E-state index >= 15 is 0 Å². The van der Waals surface area contributed by atoms with Crippen molar-refractivity contribution >= 4 is 0 Å². The van der Waals surface area contributed by atoms with Crippen molar-refractivity contribution in [3.63, 3.8) is 0 Å². The Bertz CT molecular complexity index is 235. The van der Waals surface area contributed by atoms with Crippen LogP contribution in [0, 0.1) is 17.3 Å². The van der Waals surface area contributed by atoms with Crippen LogP contribution in [-0.2, 0) is 4.74 Å². The van der Waals surface area contributed by atoms with E-state index in [0.29, 0.717) is 11.5 Å². The van der Waals surface area contributed by atoms with Crippen molar-refractivity contribution in [2.75, 3.05) is 19.7 Å². The molecule has 2 fully saturated rings. The molecule has 0 bridgehead atoms. The third-order valence-electron chi connectivity index (χ3n) is 4.95. The molecular formula is C15H29NO. The summed E-state index contributed by atoms with van der Waals surface area (Å²) in [4.78, 5) is 0. The zero-order valence-corrected chi connectivity index (χ0v) is 11.8. The van der Waals surface area contributed by atoms with Gasteiger partial charge in [0.25, 0.3) is 0 Å². The van der Waals surface area contributed by atoms with Gasteiger partial charge in [0.2, 0.25) is 0 Å². The van der Waals surface area contributed by atoms with Gasteiger partial charge in [0.05, 0.1) is 6.10 Å².